The first kappa shape index (κ1) is 15.7. The van der Waals surface area contributed by atoms with Gasteiger partial charge in [-0.15, -0.1) is 0 Å². The summed E-state index contributed by atoms with van der Waals surface area (Å²) < 4.78 is 11.3. The van der Waals surface area contributed by atoms with E-state index in [1.807, 2.05) is 30.3 Å². The monoisotopic (exact) mass is 336 g/mol. The topological polar surface area (TPSA) is 59.9 Å². The third-order valence-corrected chi connectivity index (χ3v) is 4.54. The molecule has 0 fully saturated rings. The van der Waals surface area contributed by atoms with E-state index in [1.54, 1.807) is 6.07 Å². The van der Waals surface area contributed by atoms with E-state index in [2.05, 4.69) is 22.7 Å². The second kappa shape index (κ2) is 6.97. The molecular formula is C20H20N2O3. The van der Waals surface area contributed by atoms with Crippen LogP contribution in [0.4, 0.5) is 0 Å². The molecule has 4 rings (SSSR count). The molecule has 1 amide bonds. The van der Waals surface area contributed by atoms with Crippen LogP contribution >= 0.6 is 0 Å². The van der Waals surface area contributed by atoms with Crippen molar-refractivity contribution in [3.8, 4) is 11.5 Å². The molecular weight excluding hydrogens is 316 g/mol. The van der Waals surface area contributed by atoms with Gasteiger partial charge in [-0.05, 0) is 43.4 Å². The highest BCUT2D eigenvalue weighted by Gasteiger charge is 2.27. The molecule has 1 aliphatic heterocycles. The highest BCUT2D eigenvalue weighted by atomic mass is 16.6. The van der Waals surface area contributed by atoms with Crippen molar-refractivity contribution < 1.29 is 14.3 Å². The average Bonchev–Trinajstić information content (AvgIpc) is 2.88. The minimum atomic E-state index is -0.694. The third kappa shape index (κ3) is 3.36. The van der Waals surface area contributed by atoms with Crippen molar-refractivity contribution in [2.24, 2.45) is 5.10 Å². The van der Waals surface area contributed by atoms with Gasteiger partial charge >= 0.3 is 0 Å². The first-order valence-electron chi connectivity index (χ1n) is 8.64. The summed E-state index contributed by atoms with van der Waals surface area (Å²) in [6.45, 7) is 0.185. The number of fused-ring (bicyclic) bond motifs is 2. The summed E-state index contributed by atoms with van der Waals surface area (Å²) in [5.41, 5.74) is 6.02. The lowest BCUT2D eigenvalue weighted by molar-refractivity contribution is -0.130. The number of rotatable bonds is 2. The lowest BCUT2D eigenvalue weighted by atomic mass is 10.0. The van der Waals surface area contributed by atoms with Crippen LogP contribution in [0.3, 0.4) is 0 Å². The van der Waals surface area contributed by atoms with Crippen molar-refractivity contribution in [3.63, 3.8) is 0 Å². The molecule has 1 atom stereocenters. The number of carbonyl (C=O) groups excluding carboxylic acids is 1. The zero-order chi connectivity index (χ0) is 17.1. The van der Waals surface area contributed by atoms with Crippen LogP contribution in [-0.2, 0) is 11.2 Å². The Morgan fingerprint density at radius 2 is 1.76 bits per heavy atom. The van der Waals surface area contributed by atoms with Crippen LogP contribution in [0.2, 0.25) is 0 Å². The van der Waals surface area contributed by atoms with E-state index in [0.29, 0.717) is 11.5 Å². The van der Waals surface area contributed by atoms with Gasteiger partial charge in [0.2, 0.25) is 6.10 Å². The smallest absolute Gasteiger partial charge is 0.284 e. The standard InChI is InChI=1S/C20H20N2O3/c23-20(19-13-24-17-11-5-6-12-18(17)25-19)22-21-16-10-4-2-8-14-7-1-3-9-15(14)16/h1,3,5-7,9,11-12,19H,2,4,8,10,13H2,(H,22,23)/b21-16-/t19-/m1/s1. The van der Waals surface area contributed by atoms with Crippen LogP contribution in [0.5, 0.6) is 11.5 Å². The molecule has 1 N–H and O–H groups in total. The van der Waals surface area contributed by atoms with E-state index in [9.17, 15) is 4.79 Å². The molecule has 0 bridgehead atoms. The Morgan fingerprint density at radius 1 is 1.00 bits per heavy atom. The van der Waals surface area contributed by atoms with Crippen molar-refractivity contribution in [3.05, 3.63) is 59.7 Å². The Morgan fingerprint density at radius 3 is 2.68 bits per heavy atom. The van der Waals surface area contributed by atoms with E-state index in [4.69, 9.17) is 9.47 Å². The van der Waals surface area contributed by atoms with E-state index in [0.717, 1.165) is 37.0 Å². The van der Waals surface area contributed by atoms with Gasteiger partial charge < -0.3 is 9.47 Å². The summed E-state index contributed by atoms with van der Waals surface area (Å²) in [7, 11) is 0. The molecule has 0 aromatic heterocycles. The fourth-order valence-electron chi connectivity index (χ4n) is 3.22. The van der Waals surface area contributed by atoms with Crippen molar-refractivity contribution in [2.75, 3.05) is 6.61 Å². The highest BCUT2D eigenvalue weighted by molar-refractivity contribution is 6.02. The van der Waals surface area contributed by atoms with Gasteiger partial charge in [-0.1, -0.05) is 36.4 Å². The van der Waals surface area contributed by atoms with Gasteiger partial charge in [-0.2, -0.15) is 5.10 Å². The van der Waals surface area contributed by atoms with Gasteiger partial charge in [-0.25, -0.2) is 5.43 Å². The zero-order valence-corrected chi connectivity index (χ0v) is 13.9. The van der Waals surface area contributed by atoms with Crippen molar-refractivity contribution >= 4 is 11.6 Å². The quantitative estimate of drug-likeness (QED) is 0.677. The van der Waals surface area contributed by atoms with Crippen LogP contribution in [-0.4, -0.2) is 24.3 Å². The number of nitrogens with zero attached hydrogens (tertiary/aromatic N) is 1. The number of nitrogens with one attached hydrogen (secondary N) is 1. The number of hydrazone groups is 1. The normalized spacial score (nSPS) is 20.5. The molecule has 2 aromatic carbocycles. The molecule has 2 aromatic rings. The predicted octanol–water partition coefficient (Wildman–Crippen LogP) is 3.07. The van der Waals surface area contributed by atoms with E-state index >= 15 is 0 Å². The predicted molar refractivity (Wildman–Crippen MR) is 95.0 cm³/mol. The SMILES string of the molecule is O=C(N/N=C1/CCCCc2ccccc21)[C@H]1COc2ccccc2O1. The number of benzene rings is 2. The average molecular weight is 336 g/mol. The summed E-state index contributed by atoms with van der Waals surface area (Å²) in [6.07, 6.45) is 3.43. The molecule has 0 spiro atoms. The van der Waals surface area contributed by atoms with Crippen LogP contribution in [0.15, 0.2) is 53.6 Å². The van der Waals surface area contributed by atoms with Gasteiger partial charge in [0, 0.05) is 5.56 Å². The van der Waals surface area contributed by atoms with Crippen LogP contribution < -0.4 is 14.9 Å². The fraction of sp³-hybridized carbons (Fsp3) is 0.300. The second-order valence-corrected chi connectivity index (χ2v) is 6.26. The number of amides is 1. The minimum Gasteiger partial charge on any atom is -0.485 e. The molecule has 5 nitrogen and oxygen atoms in total. The maximum atomic E-state index is 12.4. The molecule has 0 saturated carbocycles. The number of ether oxygens (including phenoxy) is 2. The van der Waals surface area contributed by atoms with E-state index in [1.165, 1.54) is 5.56 Å². The molecule has 5 heteroatoms. The summed E-state index contributed by atoms with van der Waals surface area (Å²) >= 11 is 0. The zero-order valence-electron chi connectivity index (χ0n) is 13.9. The molecule has 25 heavy (non-hydrogen) atoms. The fourth-order valence-corrected chi connectivity index (χ4v) is 3.22. The number of carbonyl (C=O) groups is 1. The van der Waals surface area contributed by atoms with Gasteiger partial charge in [0.25, 0.3) is 5.91 Å². The molecule has 0 unspecified atom stereocenters. The molecule has 2 aliphatic rings. The third-order valence-electron chi connectivity index (χ3n) is 4.54. The van der Waals surface area contributed by atoms with Gasteiger partial charge in [-0.3, -0.25) is 4.79 Å². The second-order valence-electron chi connectivity index (χ2n) is 6.26. The molecule has 0 radical (unpaired) electrons. The first-order valence-corrected chi connectivity index (χ1v) is 8.64. The lowest BCUT2D eigenvalue weighted by Crippen LogP contribution is -2.42. The van der Waals surface area contributed by atoms with E-state index in [-0.39, 0.29) is 12.5 Å². The van der Waals surface area contributed by atoms with Gasteiger partial charge in [0.05, 0.1) is 5.71 Å². The number of aryl methyl sites for hydroxylation is 1. The first-order chi connectivity index (χ1) is 12.3. The largest absolute Gasteiger partial charge is 0.485 e. The summed E-state index contributed by atoms with van der Waals surface area (Å²) in [5.74, 6) is 0.959. The summed E-state index contributed by atoms with van der Waals surface area (Å²) in [6, 6.07) is 15.6. The van der Waals surface area contributed by atoms with Crippen LogP contribution in [0, 0.1) is 0 Å². The number of para-hydroxylation sites is 2. The maximum absolute atomic E-state index is 12.4. The lowest BCUT2D eigenvalue weighted by Gasteiger charge is -2.24. The Bertz CT molecular complexity index is 816. The molecule has 1 heterocycles. The Hall–Kier alpha value is -2.82. The Kier molecular flexibility index (Phi) is 4.37. The summed E-state index contributed by atoms with van der Waals surface area (Å²) in [5, 5.41) is 4.40. The van der Waals surface area contributed by atoms with Crippen molar-refractivity contribution in [1.82, 2.24) is 5.43 Å². The summed E-state index contributed by atoms with van der Waals surface area (Å²) in [4.78, 5) is 12.4. The van der Waals surface area contributed by atoms with E-state index < -0.39 is 6.10 Å². The van der Waals surface area contributed by atoms with Crippen LogP contribution in [0.25, 0.3) is 0 Å². The molecule has 128 valence electrons. The number of hydrogen-bond acceptors (Lipinski definition) is 4. The highest BCUT2D eigenvalue weighted by Crippen LogP contribution is 2.30. The minimum absolute atomic E-state index is 0.185. The molecule has 1 aliphatic carbocycles. The van der Waals surface area contributed by atoms with Crippen LogP contribution in [0.1, 0.15) is 30.4 Å². The van der Waals surface area contributed by atoms with Gasteiger partial charge in [0.1, 0.15) is 6.61 Å². The maximum Gasteiger partial charge on any atom is 0.284 e. The number of hydrogen-bond donors (Lipinski definition) is 1. The Labute approximate surface area is 146 Å². The van der Waals surface area contributed by atoms with Gasteiger partial charge in [0.15, 0.2) is 11.5 Å². The van der Waals surface area contributed by atoms with Crippen molar-refractivity contribution in [2.45, 2.75) is 31.8 Å². The molecule has 0 saturated heterocycles. The Balaban J connectivity index is 1.48. The van der Waals surface area contributed by atoms with Crippen molar-refractivity contribution in [1.29, 1.82) is 0 Å².